The molecule has 0 radical (unpaired) electrons. The van der Waals surface area contributed by atoms with Gasteiger partial charge < -0.3 is 10.1 Å². The molecule has 0 bridgehead atoms. The first kappa shape index (κ1) is 16.6. The summed E-state index contributed by atoms with van der Waals surface area (Å²) in [7, 11) is 1.79. The van der Waals surface area contributed by atoms with E-state index in [0.717, 1.165) is 43.8 Å². The highest BCUT2D eigenvalue weighted by Crippen LogP contribution is 2.29. The highest BCUT2D eigenvalue weighted by molar-refractivity contribution is 7.11. The van der Waals surface area contributed by atoms with Gasteiger partial charge in [0.15, 0.2) is 0 Å². The topological polar surface area (TPSA) is 34.1 Å². The van der Waals surface area contributed by atoms with E-state index in [-0.39, 0.29) is 6.10 Å². The molecule has 1 aromatic heterocycles. The lowest BCUT2D eigenvalue weighted by atomic mass is 10.2. The lowest BCUT2D eigenvalue weighted by Crippen LogP contribution is -2.13. The second kappa shape index (κ2) is 9.45. The van der Waals surface area contributed by atoms with Crippen LogP contribution in [0.4, 0.5) is 0 Å². The molecule has 1 heterocycles. The minimum atomic E-state index is 0.172. The van der Waals surface area contributed by atoms with Crippen molar-refractivity contribution in [1.29, 1.82) is 0 Å². The Morgan fingerprint density at radius 2 is 2.00 bits per heavy atom. The smallest absolute Gasteiger partial charge is 0.122 e. The molecule has 1 N–H and O–H groups in total. The zero-order valence-electron chi connectivity index (χ0n) is 12.8. The zero-order valence-corrected chi connectivity index (χ0v) is 13.6. The maximum Gasteiger partial charge on any atom is 0.122 e. The van der Waals surface area contributed by atoms with E-state index in [2.05, 4.69) is 26.1 Å². The summed E-state index contributed by atoms with van der Waals surface area (Å²) >= 11 is 1.82. The van der Waals surface area contributed by atoms with Gasteiger partial charge in [0.1, 0.15) is 11.1 Å². The monoisotopic (exact) mass is 284 g/mol. The molecule has 0 aliphatic carbocycles. The van der Waals surface area contributed by atoms with E-state index in [9.17, 15) is 0 Å². The van der Waals surface area contributed by atoms with Gasteiger partial charge >= 0.3 is 0 Å². The van der Waals surface area contributed by atoms with Crippen LogP contribution < -0.4 is 5.32 Å². The second-order valence-corrected chi connectivity index (χ2v) is 5.98. The van der Waals surface area contributed by atoms with Gasteiger partial charge in [-0.05, 0) is 25.8 Å². The quantitative estimate of drug-likeness (QED) is 0.657. The number of nitrogens with zero attached hydrogens (tertiary/aromatic N) is 1. The number of methoxy groups -OCH3 is 1. The van der Waals surface area contributed by atoms with Gasteiger partial charge in [0.05, 0.1) is 5.69 Å². The molecule has 1 aromatic rings. The molecule has 0 aliphatic rings. The third-order valence-corrected chi connectivity index (χ3v) is 4.29. The van der Waals surface area contributed by atoms with E-state index in [1.54, 1.807) is 7.11 Å². The molecular weight excluding hydrogens is 256 g/mol. The summed E-state index contributed by atoms with van der Waals surface area (Å²) in [4.78, 5) is 6.21. The molecule has 1 rings (SSSR count). The Hall–Kier alpha value is -0.450. The summed E-state index contributed by atoms with van der Waals surface area (Å²) in [5.74, 6) is 0. The molecule has 1 atom stereocenters. The molecule has 1 unspecified atom stereocenters. The SMILES string of the molecule is CCCNCc1sc(C(CCC)OC)nc1CCC. The van der Waals surface area contributed by atoms with Crippen LogP contribution in [-0.2, 0) is 17.7 Å². The molecule has 0 spiro atoms. The molecular formula is C15H28N2OS. The Balaban J connectivity index is 2.79. The molecule has 0 aliphatic heterocycles. The fourth-order valence-electron chi connectivity index (χ4n) is 2.09. The van der Waals surface area contributed by atoms with Crippen molar-refractivity contribution in [2.45, 2.75) is 65.5 Å². The van der Waals surface area contributed by atoms with Crippen molar-refractivity contribution >= 4 is 11.3 Å². The highest BCUT2D eigenvalue weighted by Gasteiger charge is 2.17. The summed E-state index contributed by atoms with van der Waals surface area (Å²) < 4.78 is 5.58. The van der Waals surface area contributed by atoms with Gasteiger partial charge in [0.25, 0.3) is 0 Å². The summed E-state index contributed by atoms with van der Waals surface area (Å²) in [6.45, 7) is 8.61. The molecule has 0 saturated carbocycles. The summed E-state index contributed by atoms with van der Waals surface area (Å²) in [5.41, 5.74) is 1.27. The van der Waals surface area contributed by atoms with Crippen molar-refractivity contribution in [2.24, 2.45) is 0 Å². The predicted molar refractivity (Wildman–Crippen MR) is 82.8 cm³/mol. The molecule has 4 heteroatoms. The largest absolute Gasteiger partial charge is 0.374 e. The van der Waals surface area contributed by atoms with Crippen molar-refractivity contribution in [3.63, 3.8) is 0 Å². The molecule has 19 heavy (non-hydrogen) atoms. The van der Waals surface area contributed by atoms with Gasteiger partial charge in [0.2, 0.25) is 0 Å². The van der Waals surface area contributed by atoms with Gasteiger partial charge in [-0.15, -0.1) is 11.3 Å². The maximum absolute atomic E-state index is 5.58. The minimum Gasteiger partial charge on any atom is -0.374 e. The van der Waals surface area contributed by atoms with Crippen LogP contribution in [-0.4, -0.2) is 18.6 Å². The van der Waals surface area contributed by atoms with E-state index in [1.165, 1.54) is 17.0 Å². The van der Waals surface area contributed by atoms with Gasteiger partial charge in [-0.2, -0.15) is 0 Å². The van der Waals surface area contributed by atoms with E-state index in [1.807, 2.05) is 11.3 Å². The molecule has 3 nitrogen and oxygen atoms in total. The maximum atomic E-state index is 5.58. The highest BCUT2D eigenvalue weighted by atomic mass is 32.1. The fourth-order valence-corrected chi connectivity index (χ4v) is 3.29. The number of thiazole rings is 1. The van der Waals surface area contributed by atoms with Crippen LogP contribution in [0.3, 0.4) is 0 Å². The number of aromatic nitrogens is 1. The van der Waals surface area contributed by atoms with Crippen LogP contribution >= 0.6 is 11.3 Å². The first-order chi connectivity index (χ1) is 9.26. The number of ether oxygens (including phenoxy) is 1. The van der Waals surface area contributed by atoms with Crippen LogP contribution in [0.25, 0.3) is 0 Å². The van der Waals surface area contributed by atoms with Gasteiger partial charge in [0, 0.05) is 18.5 Å². The summed E-state index contributed by atoms with van der Waals surface area (Å²) in [5, 5.41) is 4.64. The van der Waals surface area contributed by atoms with E-state index in [4.69, 9.17) is 9.72 Å². The van der Waals surface area contributed by atoms with Gasteiger partial charge in [-0.3, -0.25) is 0 Å². The standard InChI is InChI=1S/C15H28N2OS/c1-5-8-12-14(11-16-10-7-3)19-15(17-12)13(18-4)9-6-2/h13,16H,5-11H2,1-4H3. The molecule has 0 aromatic carbocycles. The number of hydrogen-bond donors (Lipinski definition) is 1. The van der Waals surface area contributed by atoms with Crippen molar-refractivity contribution < 1.29 is 4.74 Å². The normalized spacial score (nSPS) is 12.8. The van der Waals surface area contributed by atoms with Crippen LogP contribution in [0.5, 0.6) is 0 Å². The van der Waals surface area contributed by atoms with Crippen molar-refractivity contribution in [3.8, 4) is 0 Å². The Kier molecular flexibility index (Phi) is 8.26. The number of nitrogens with one attached hydrogen (secondary N) is 1. The van der Waals surface area contributed by atoms with E-state index in [0.29, 0.717) is 0 Å². The third-order valence-electron chi connectivity index (χ3n) is 3.10. The number of aryl methyl sites for hydroxylation is 1. The fraction of sp³-hybridized carbons (Fsp3) is 0.800. The third kappa shape index (κ3) is 5.21. The average molecular weight is 284 g/mol. The number of hydrogen-bond acceptors (Lipinski definition) is 4. The molecule has 0 saturated heterocycles. The Labute approximate surface area is 121 Å². The minimum absolute atomic E-state index is 0.172. The Bertz CT molecular complexity index is 352. The first-order valence-electron chi connectivity index (χ1n) is 7.48. The number of rotatable bonds is 10. The van der Waals surface area contributed by atoms with Crippen LogP contribution in [0.1, 0.15) is 68.1 Å². The Morgan fingerprint density at radius 3 is 2.58 bits per heavy atom. The average Bonchev–Trinajstić information content (AvgIpc) is 2.80. The predicted octanol–water partition coefficient (Wildman–Crippen LogP) is 4.08. The van der Waals surface area contributed by atoms with E-state index < -0.39 is 0 Å². The molecule has 0 amide bonds. The Morgan fingerprint density at radius 1 is 1.21 bits per heavy atom. The van der Waals surface area contributed by atoms with Crippen LogP contribution in [0.2, 0.25) is 0 Å². The molecule has 110 valence electrons. The van der Waals surface area contributed by atoms with Crippen molar-refractivity contribution in [3.05, 3.63) is 15.6 Å². The second-order valence-electron chi connectivity index (χ2n) is 4.86. The van der Waals surface area contributed by atoms with E-state index >= 15 is 0 Å². The van der Waals surface area contributed by atoms with Gasteiger partial charge in [-0.25, -0.2) is 4.98 Å². The van der Waals surface area contributed by atoms with Crippen molar-refractivity contribution in [2.75, 3.05) is 13.7 Å². The van der Waals surface area contributed by atoms with Crippen LogP contribution in [0, 0.1) is 0 Å². The molecule has 0 fully saturated rings. The summed E-state index contributed by atoms with van der Waals surface area (Å²) in [6, 6.07) is 0. The summed E-state index contributed by atoms with van der Waals surface area (Å²) in [6.07, 6.45) is 5.75. The zero-order chi connectivity index (χ0) is 14.1. The lowest BCUT2D eigenvalue weighted by molar-refractivity contribution is 0.0946. The van der Waals surface area contributed by atoms with Crippen LogP contribution in [0.15, 0.2) is 0 Å². The lowest BCUT2D eigenvalue weighted by Gasteiger charge is -2.10. The van der Waals surface area contributed by atoms with Gasteiger partial charge in [-0.1, -0.05) is 33.6 Å². The first-order valence-corrected chi connectivity index (χ1v) is 8.30. The van der Waals surface area contributed by atoms with Crippen molar-refractivity contribution in [1.82, 2.24) is 10.3 Å².